The van der Waals surface area contributed by atoms with E-state index in [2.05, 4.69) is 26.6 Å². The number of halogens is 1. The number of hydrogen-bond donors (Lipinski definition) is 6. The third kappa shape index (κ3) is 12.9. The summed E-state index contributed by atoms with van der Waals surface area (Å²) in [5.41, 5.74) is 2.42. The van der Waals surface area contributed by atoms with Crippen LogP contribution in [0.2, 0.25) is 0 Å². The number of hydrogen-bond acceptors (Lipinski definition) is 15. The molecule has 2 aromatic carbocycles. The van der Waals surface area contributed by atoms with Gasteiger partial charge in [0, 0.05) is 61.2 Å². The van der Waals surface area contributed by atoms with Gasteiger partial charge in [0.25, 0.3) is 17.4 Å². The first-order valence-corrected chi connectivity index (χ1v) is 26.6. The van der Waals surface area contributed by atoms with Crippen LogP contribution in [0, 0.1) is 12.7 Å². The molecular weight excluding hydrogens is 1040 g/mol. The summed E-state index contributed by atoms with van der Waals surface area (Å²) in [6.07, 6.45) is 5.08. The summed E-state index contributed by atoms with van der Waals surface area (Å²) in [6, 6.07) is 10.2. The minimum absolute atomic E-state index is 0.00366. The Kier molecular flexibility index (Phi) is 18.6. The smallest absolute Gasteiger partial charge is 0.343 e. The minimum Gasteiger partial charge on any atom is -0.458 e. The highest BCUT2D eigenvalue weighted by atomic mass is 19.1. The van der Waals surface area contributed by atoms with E-state index in [1.165, 1.54) is 22.8 Å². The molecule has 8 amide bonds. The van der Waals surface area contributed by atoms with E-state index in [4.69, 9.17) is 19.2 Å². The predicted molar refractivity (Wildman–Crippen MR) is 283 cm³/mol. The van der Waals surface area contributed by atoms with Gasteiger partial charge in [-0.05, 0) is 67.3 Å². The lowest BCUT2D eigenvalue weighted by Crippen LogP contribution is -2.52. The van der Waals surface area contributed by atoms with Gasteiger partial charge >= 0.3 is 5.97 Å². The van der Waals surface area contributed by atoms with Crippen molar-refractivity contribution < 1.29 is 66.9 Å². The van der Waals surface area contributed by atoms with E-state index in [9.17, 15) is 53.1 Å². The third-order valence-electron chi connectivity index (χ3n) is 14.8. The Morgan fingerprint density at radius 1 is 0.850 bits per heavy atom. The lowest BCUT2D eigenvalue weighted by atomic mass is 9.81. The Hall–Kier alpha value is -8.22. The van der Waals surface area contributed by atoms with E-state index in [1.807, 2.05) is 0 Å². The Labute approximate surface area is 458 Å². The van der Waals surface area contributed by atoms with Gasteiger partial charge in [-0.2, -0.15) is 0 Å². The van der Waals surface area contributed by atoms with Gasteiger partial charge < -0.3 is 55.4 Å². The number of carbonyl (C=O) groups is 9. The molecule has 24 heteroatoms. The van der Waals surface area contributed by atoms with Gasteiger partial charge in [-0.15, -0.1) is 0 Å². The maximum absolute atomic E-state index is 15.4. The zero-order chi connectivity index (χ0) is 57.3. The zero-order valence-corrected chi connectivity index (χ0v) is 44.7. The molecule has 0 bridgehead atoms. The number of carbonyl (C=O) groups excluding carboxylic acids is 9. The van der Waals surface area contributed by atoms with Crippen molar-refractivity contribution in [1.29, 1.82) is 0 Å². The normalized spacial score (nSPS) is 17.0. The molecule has 80 heavy (non-hydrogen) atoms. The van der Waals surface area contributed by atoms with Crippen molar-refractivity contribution in [2.24, 2.45) is 0 Å². The van der Waals surface area contributed by atoms with Crippen molar-refractivity contribution in [3.63, 3.8) is 0 Å². The number of ether oxygens (including phenoxy) is 3. The summed E-state index contributed by atoms with van der Waals surface area (Å²) in [5, 5.41) is 24.6. The number of benzene rings is 2. The number of rotatable bonds is 26. The minimum atomic E-state index is -2.03. The molecule has 3 aliphatic heterocycles. The van der Waals surface area contributed by atoms with E-state index in [-0.39, 0.29) is 101 Å². The molecule has 0 fully saturated rings. The van der Waals surface area contributed by atoms with E-state index < -0.39 is 84.2 Å². The molecule has 0 radical (unpaired) electrons. The number of aliphatic hydroxyl groups is 1. The lowest BCUT2D eigenvalue weighted by molar-refractivity contribution is -0.172. The number of nitrogens with zero attached hydrogens (tertiary/aromatic N) is 4. The summed E-state index contributed by atoms with van der Waals surface area (Å²) < 4.78 is 33.4. The second kappa shape index (κ2) is 25.7. The van der Waals surface area contributed by atoms with Gasteiger partial charge in [0.05, 0.1) is 80.9 Å². The lowest BCUT2D eigenvalue weighted by Gasteiger charge is -2.35. The zero-order valence-electron chi connectivity index (χ0n) is 44.7. The van der Waals surface area contributed by atoms with Crippen LogP contribution in [-0.4, -0.2) is 144 Å². The highest BCUT2D eigenvalue weighted by Gasteiger charge is 2.46. The number of aromatic nitrogens is 2. The summed E-state index contributed by atoms with van der Waals surface area (Å²) in [5.74, 6) is -5.23. The quantitative estimate of drug-likeness (QED) is 0.0195. The molecule has 4 aromatic rings. The Morgan fingerprint density at radius 2 is 1.55 bits per heavy atom. The van der Waals surface area contributed by atoms with Crippen LogP contribution in [0.15, 0.2) is 59.4 Å². The molecule has 8 rings (SSSR count). The third-order valence-corrected chi connectivity index (χ3v) is 14.8. The van der Waals surface area contributed by atoms with Crippen LogP contribution in [-0.2, 0) is 89.0 Å². The molecule has 6 N–H and O–H groups in total. The molecule has 0 saturated carbocycles. The van der Waals surface area contributed by atoms with Gasteiger partial charge in [-0.25, -0.2) is 14.2 Å². The van der Waals surface area contributed by atoms with Crippen LogP contribution in [0.25, 0.3) is 22.3 Å². The summed E-state index contributed by atoms with van der Waals surface area (Å²) in [6.45, 7) is 1.99. The first-order chi connectivity index (χ1) is 38.4. The summed E-state index contributed by atoms with van der Waals surface area (Å²) in [7, 11) is 1.69. The van der Waals surface area contributed by atoms with Crippen LogP contribution < -0.4 is 32.1 Å². The van der Waals surface area contributed by atoms with E-state index >= 15 is 4.39 Å². The van der Waals surface area contributed by atoms with Crippen LogP contribution in [0.4, 0.5) is 4.39 Å². The van der Waals surface area contributed by atoms with Crippen molar-refractivity contribution in [3.05, 3.63) is 110 Å². The Balaban J connectivity index is 0.751. The summed E-state index contributed by atoms with van der Waals surface area (Å²) in [4.78, 5) is 135. The highest BCUT2D eigenvalue weighted by Crippen LogP contribution is 2.47. The average molecular weight is 1110 g/mol. The molecule has 4 aliphatic rings. The van der Waals surface area contributed by atoms with E-state index in [0.717, 1.165) is 21.4 Å². The molecule has 2 aromatic heterocycles. The Bertz CT molecular complexity index is 3200. The molecule has 424 valence electrons. The van der Waals surface area contributed by atoms with E-state index in [1.54, 1.807) is 62.2 Å². The molecule has 5 heterocycles. The van der Waals surface area contributed by atoms with Crippen molar-refractivity contribution in [3.8, 4) is 11.4 Å². The maximum Gasteiger partial charge on any atom is 0.343 e. The van der Waals surface area contributed by atoms with Gasteiger partial charge in [0.1, 0.15) is 25.2 Å². The largest absolute Gasteiger partial charge is 0.458 e. The number of pyridine rings is 2. The predicted octanol–water partition coefficient (Wildman–Crippen LogP) is 1.03. The van der Waals surface area contributed by atoms with Gasteiger partial charge in [0.2, 0.25) is 35.4 Å². The number of imide groups is 1. The topological polar surface area (TPSA) is 303 Å². The Morgan fingerprint density at radius 3 is 2.30 bits per heavy atom. The number of nitrogens with one attached hydrogen (secondary N) is 5. The summed E-state index contributed by atoms with van der Waals surface area (Å²) >= 11 is 0. The average Bonchev–Trinajstić information content (AvgIpc) is 4.01. The molecule has 3 atom stereocenters. The SMILES string of the molecule is CC[C@@]1(O)C(=O)OCc2c1cc1n(c2=O)Cc2c-1nc1cc(F)c(C)c3c1c2[C@@H](N(C)C(=O)CCOCCOCNC(=O)CNC(=O)[C@H](Cc1ccccc1)NC(=O)CNC(=O)CNC(=O)CCCCCN1C(=O)C=CC1=O)CC3. The van der Waals surface area contributed by atoms with E-state index in [0.29, 0.717) is 65.7 Å². The standard InChI is InChI=1S/C56H64FN9O14/c1-4-56(77)37-24-42-52-35(29-66(42)54(75)36(37)30-80-55(56)76)51-41(15-14-34-32(2)38(57)25-39(63-52)50(34)51)64(3)47(71)18-20-78-21-22-79-31-61-45(69)27-60-53(74)40(23-33-11-7-5-8-12-33)62-46(70)28-59-44(68)26-58-43(67)13-9-6-10-19-65-48(72)16-17-49(65)73/h5,7-8,11-12,16-17,24-25,40-41,77H,4,6,9-10,13-15,18-23,26-31H2,1-3H3,(H,58,67)(H,59,68)(H,60,74)(H,61,69)(H,62,70)/t40-,41-,56-/m0/s1. The molecule has 0 spiro atoms. The van der Waals surface area contributed by atoms with Crippen LogP contribution in [0.1, 0.15) is 96.9 Å². The molecule has 23 nitrogen and oxygen atoms in total. The van der Waals surface area contributed by atoms with Crippen molar-refractivity contribution in [1.82, 2.24) is 45.9 Å². The van der Waals surface area contributed by atoms with Gasteiger partial charge in [0.15, 0.2) is 5.60 Å². The van der Waals surface area contributed by atoms with Crippen molar-refractivity contribution >= 4 is 64.1 Å². The molecule has 1 aliphatic carbocycles. The fourth-order valence-electron chi connectivity index (χ4n) is 10.4. The van der Waals surface area contributed by atoms with Gasteiger partial charge in [-0.1, -0.05) is 43.7 Å². The fraction of sp³-hybridized carbons (Fsp3) is 0.446. The molecule has 0 unspecified atom stereocenters. The second-order valence-corrected chi connectivity index (χ2v) is 19.9. The number of amides is 8. The van der Waals surface area contributed by atoms with Crippen LogP contribution >= 0.6 is 0 Å². The van der Waals surface area contributed by atoms with Crippen LogP contribution in [0.5, 0.6) is 0 Å². The fourth-order valence-corrected chi connectivity index (χ4v) is 10.4. The number of esters is 1. The first kappa shape index (κ1) is 57.9. The monoisotopic (exact) mass is 1110 g/mol. The van der Waals surface area contributed by atoms with Gasteiger partial charge in [-0.3, -0.25) is 48.1 Å². The highest BCUT2D eigenvalue weighted by molar-refractivity contribution is 6.12. The maximum atomic E-state index is 15.4. The second-order valence-electron chi connectivity index (χ2n) is 19.9. The van der Waals surface area contributed by atoms with Crippen molar-refractivity contribution in [2.45, 2.75) is 102 Å². The van der Waals surface area contributed by atoms with Crippen LogP contribution in [0.3, 0.4) is 0 Å². The number of aryl methyl sites for hydroxylation is 1. The molecule has 0 saturated heterocycles. The number of cyclic esters (lactones) is 1. The number of unbranched alkanes of at least 4 members (excludes halogenated alkanes) is 2. The number of fused-ring (bicyclic) bond motifs is 5. The first-order valence-electron chi connectivity index (χ1n) is 26.6. The molecular formula is C56H64FN9O14. The van der Waals surface area contributed by atoms with Crippen molar-refractivity contribution in [2.75, 3.05) is 59.8 Å².